The highest BCUT2D eigenvalue weighted by Gasteiger charge is 2.10. The first kappa shape index (κ1) is 16.3. The number of benzene rings is 2. The molecule has 116 valence electrons. The highest BCUT2D eigenvalue weighted by atomic mass is 16.1. The van der Waals surface area contributed by atoms with E-state index < -0.39 is 0 Å². The zero-order valence-corrected chi connectivity index (χ0v) is 13.9. The Morgan fingerprint density at radius 2 is 1.64 bits per heavy atom. The minimum Gasteiger partial charge on any atom is -0.349 e. The molecule has 2 nitrogen and oxygen atoms in total. The molecule has 0 radical (unpaired) electrons. The highest BCUT2D eigenvalue weighted by molar-refractivity contribution is 5.79. The van der Waals surface area contributed by atoms with E-state index in [-0.39, 0.29) is 11.9 Å². The fourth-order valence-corrected chi connectivity index (χ4v) is 2.52. The van der Waals surface area contributed by atoms with E-state index in [1.165, 1.54) is 16.7 Å². The van der Waals surface area contributed by atoms with Crippen LogP contribution in [0.25, 0.3) is 0 Å². The average Bonchev–Trinajstić information content (AvgIpc) is 2.51. The molecule has 0 unspecified atom stereocenters. The van der Waals surface area contributed by atoms with Gasteiger partial charge in [0.05, 0.1) is 12.5 Å². The van der Waals surface area contributed by atoms with Gasteiger partial charge in [-0.2, -0.15) is 0 Å². The summed E-state index contributed by atoms with van der Waals surface area (Å²) in [6, 6.07) is 14.7. The van der Waals surface area contributed by atoms with Crippen LogP contribution in [0.1, 0.15) is 47.7 Å². The molecule has 0 spiro atoms. The zero-order chi connectivity index (χ0) is 16.1. The number of hydrogen-bond donors (Lipinski definition) is 1. The second-order valence-corrected chi connectivity index (χ2v) is 5.98. The standard InChI is InChI=1S/C20H25NO/c1-5-17-8-10-19(11-9-17)16(4)21-20(22)13-18-7-6-14(2)15(3)12-18/h6-12,16H,5,13H2,1-4H3,(H,21,22)/t16-/m0/s1. The summed E-state index contributed by atoms with van der Waals surface area (Å²) in [4.78, 5) is 12.2. The van der Waals surface area contributed by atoms with E-state index in [0.29, 0.717) is 6.42 Å². The number of nitrogens with one attached hydrogen (secondary N) is 1. The number of rotatable bonds is 5. The molecule has 1 N–H and O–H groups in total. The SMILES string of the molecule is CCc1ccc([C@H](C)NC(=O)Cc2ccc(C)c(C)c2)cc1. The Morgan fingerprint density at radius 3 is 2.23 bits per heavy atom. The van der Waals surface area contributed by atoms with E-state index in [0.717, 1.165) is 17.5 Å². The Morgan fingerprint density at radius 1 is 1.00 bits per heavy atom. The van der Waals surface area contributed by atoms with Crippen molar-refractivity contribution in [3.63, 3.8) is 0 Å². The minimum atomic E-state index is 0.0324. The average molecular weight is 295 g/mol. The summed E-state index contributed by atoms with van der Waals surface area (Å²) in [5.74, 6) is 0.0651. The molecule has 1 amide bonds. The minimum absolute atomic E-state index is 0.0324. The van der Waals surface area contributed by atoms with Crippen LogP contribution in [0.2, 0.25) is 0 Å². The largest absolute Gasteiger partial charge is 0.349 e. The first-order valence-electron chi connectivity index (χ1n) is 7.94. The van der Waals surface area contributed by atoms with Gasteiger partial charge in [0.15, 0.2) is 0 Å². The van der Waals surface area contributed by atoms with Crippen LogP contribution in [0.5, 0.6) is 0 Å². The third-order valence-corrected chi connectivity index (χ3v) is 4.20. The summed E-state index contributed by atoms with van der Waals surface area (Å²) in [6.45, 7) is 8.33. The number of aryl methyl sites for hydroxylation is 3. The van der Waals surface area contributed by atoms with E-state index >= 15 is 0 Å². The van der Waals surface area contributed by atoms with Crippen molar-refractivity contribution in [3.8, 4) is 0 Å². The van der Waals surface area contributed by atoms with Crippen LogP contribution >= 0.6 is 0 Å². The van der Waals surface area contributed by atoms with Crippen LogP contribution in [0.15, 0.2) is 42.5 Å². The fourth-order valence-electron chi connectivity index (χ4n) is 2.52. The Hall–Kier alpha value is -2.09. The molecule has 2 aromatic carbocycles. The maximum atomic E-state index is 12.2. The molecule has 0 bridgehead atoms. The van der Waals surface area contributed by atoms with Crippen molar-refractivity contribution in [3.05, 3.63) is 70.3 Å². The molecule has 0 heterocycles. The van der Waals surface area contributed by atoms with Crippen molar-refractivity contribution in [2.45, 2.75) is 46.6 Å². The van der Waals surface area contributed by atoms with Crippen LogP contribution in [-0.4, -0.2) is 5.91 Å². The number of amides is 1. The summed E-state index contributed by atoms with van der Waals surface area (Å²) in [7, 11) is 0. The van der Waals surface area contributed by atoms with Crippen molar-refractivity contribution in [1.29, 1.82) is 0 Å². The first-order chi connectivity index (χ1) is 10.5. The molecule has 22 heavy (non-hydrogen) atoms. The molecule has 0 saturated carbocycles. The van der Waals surface area contributed by atoms with Gasteiger partial charge < -0.3 is 5.32 Å². The number of carbonyl (C=O) groups excluding carboxylic acids is 1. The van der Waals surface area contributed by atoms with Gasteiger partial charge in [-0.15, -0.1) is 0 Å². The van der Waals surface area contributed by atoms with Crippen LogP contribution in [-0.2, 0) is 17.6 Å². The van der Waals surface area contributed by atoms with Gasteiger partial charge in [0.25, 0.3) is 0 Å². The normalized spacial score (nSPS) is 12.0. The lowest BCUT2D eigenvalue weighted by Crippen LogP contribution is -2.28. The Balaban J connectivity index is 1.96. The summed E-state index contributed by atoms with van der Waals surface area (Å²) >= 11 is 0. The maximum Gasteiger partial charge on any atom is 0.224 e. The van der Waals surface area contributed by atoms with E-state index in [2.05, 4.69) is 62.5 Å². The second kappa shape index (κ2) is 7.26. The Bertz CT molecular complexity index is 643. The van der Waals surface area contributed by atoms with Crippen LogP contribution in [0, 0.1) is 13.8 Å². The zero-order valence-electron chi connectivity index (χ0n) is 13.9. The van der Waals surface area contributed by atoms with Gasteiger partial charge in [0, 0.05) is 0 Å². The molecule has 0 saturated heterocycles. The van der Waals surface area contributed by atoms with Crippen molar-refractivity contribution in [2.75, 3.05) is 0 Å². The maximum absolute atomic E-state index is 12.2. The molecule has 0 aliphatic heterocycles. The van der Waals surface area contributed by atoms with E-state index in [1.807, 2.05) is 13.0 Å². The Kier molecular flexibility index (Phi) is 5.37. The smallest absolute Gasteiger partial charge is 0.224 e. The predicted octanol–water partition coefficient (Wildman–Crippen LogP) is 4.29. The molecule has 0 aliphatic carbocycles. The van der Waals surface area contributed by atoms with Crippen molar-refractivity contribution >= 4 is 5.91 Å². The lowest BCUT2D eigenvalue weighted by atomic mass is 10.0. The molecule has 0 fully saturated rings. The molecule has 2 aromatic rings. The van der Waals surface area contributed by atoms with Crippen LogP contribution in [0.4, 0.5) is 0 Å². The van der Waals surface area contributed by atoms with Crippen molar-refractivity contribution < 1.29 is 4.79 Å². The summed E-state index contributed by atoms with van der Waals surface area (Å²) in [5, 5.41) is 3.08. The van der Waals surface area contributed by atoms with Crippen LogP contribution in [0.3, 0.4) is 0 Å². The van der Waals surface area contributed by atoms with Crippen molar-refractivity contribution in [1.82, 2.24) is 5.32 Å². The highest BCUT2D eigenvalue weighted by Crippen LogP contribution is 2.15. The van der Waals surface area contributed by atoms with E-state index in [4.69, 9.17) is 0 Å². The number of hydrogen-bond acceptors (Lipinski definition) is 1. The molecule has 1 atom stereocenters. The van der Waals surface area contributed by atoms with Gasteiger partial charge in [-0.1, -0.05) is 49.4 Å². The van der Waals surface area contributed by atoms with E-state index in [9.17, 15) is 4.79 Å². The second-order valence-electron chi connectivity index (χ2n) is 5.98. The van der Waals surface area contributed by atoms with Crippen LogP contribution < -0.4 is 5.32 Å². The van der Waals surface area contributed by atoms with Gasteiger partial charge >= 0.3 is 0 Å². The van der Waals surface area contributed by atoms with Gasteiger partial charge in [0.2, 0.25) is 5.91 Å². The predicted molar refractivity (Wildman–Crippen MR) is 92.0 cm³/mol. The lowest BCUT2D eigenvalue weighted by Gasteiger charge is -2.15. The van der Waals surface area contributed by atoms with Crippen molar-refractivity contribution in [2.24, 2.45) is 0 Å². The van der Waals surface area contributed by atoms with E-state index in [1.54, 1.807) is 0 Å². The van der Waals surface area contributed by atoms with Gasteiger partial charge in [-0.3, -0.25) is 4.79 Å². The molecular weight excluding hydrogens is 270 g/mol. The molecule has 0 aromatic heterocycles. The number of carbonyl (C=O) groups is 1. The molecular formula is C20H25NO. The lowest BCUT2D eigenvalue weighted by molar-refractivity contribution is -0.121. The van der Waals surface area contributed by atoms with Gasteiger partial charge in [-0.05, 0) is 55.0 Å². The molecule has 2 heteroatoms. The monoisotopic (exact) mass is 295 g/mol. The summed E-state index contributed by atoms with van der Waals surface area (Å²) < 4.78 is 0. The first-order valence-corrected chi connectivity index (χ1v) is 7.94. The summed E-state index contributed by atoms with van der Waals surface area (Å²) in [6.07, 6.45) is 1.46. The summed E-state index contributed by atoms with van der Waals surface area (Å²) in [5.41, 5.74) is 6.01. The third-order valence-electron chi connectivity index (χ3n) is 4.20. The topological polar surface area (TPSA) is 29.1 Å². The van der Waals surface area contributed by atoms with Gasteiger partial charge in [-0.25, -0.2) is 0 Å². The Labute approximate surface area is 133 Å². The molecule has 0 aliphatic rings. The molecule has 2 rings (SSSR count). The quantitative estimate of drug-likeness (QED) is 0.876. The fraction of sp³-hybridized carbons (Fsp3) is 0.350. The van der Waals surface area contributed by atoms with Gasteiger partial charge in [0.1, 0.15) is 0 Å². The third kappa shape index (κ3) is 4.20.